The molecule has 0 bridgehead atoms. The van der Waals surface area contributed by atoms with Crippen molar-refractivity contribution in [3.8, 4) is 5.75 Å². The predicted octanol–water partition coefficient (Wildman–Crippen LogP) is 2.61. The third-order valence-electron chi connectivity index (χ3n) is 5.68. The molecular formula is C23H28N2O3. The Bertz CT molecular complexity index is 865. The smallest absolute Gasteiger partial charge is 0.240 e. The number of carbonyl (C=O) groups is 1. The molecule has 2 atom stereocenters. The van der Waals surface area contributed by atoms with Gasteiger partial charge in [0, 0.05) is 13.1 Å². The van der Waals surface area contributed by atoms with Crippen molar-refractivity contribution >= 4 is 5.91 Å². The van der Waals surface area contributed by atoms with Crippen LogP contribution in [0.3, 0.4) is 0 Å². The first-order chi connectivity index (χ1) is 13.6. The average Bonchev–Trinajstić information content (AvgIpc) is 2.71. The van der Waals surface area contributed by atoms with Crippen LogP contribution in [0.4, 0.5) is 0 Å². The van der Waals surface area contributed by atoms with Crippen LogP contribution in [0.15, 0.2) is 42.5 Å². The van der Waals surface area contributed by atoms with E-state index in [0.29, 0.717) is 19.5 Å². The fourth-order valence-corrected chi connectivity index (χ4v) is 4.31. The molecule has 1 unspecified atom stereocenters. The van der Waals surface area contributed by atoms with Crippen molar-refractivity contribution in [3.05, 3.63) is 64.7 Å². The zero-order valence-electron chi connectivity index (χ0n) is 16.5. The minimum atomic E-state index is -0.328. The van der Waals surface area contributed by atoms with Crippen LogP contribution >= 0.6 is 0 Å². The van der Waals surface area contributed by atoms with Crippen molar-refractivity contribution in [2.75, 3.05) is 13.2 Å². The Labute approximate surface area is 166 Å². The van der Waals surface area contributed by atoms with Gasteiger partial charge in [0.25, 0.3) is 0 Å². The van der Waals surface area contributed by atoms with E-state index in [-0.39, 0.29) is 30.7 Å². The van der Waals surface area contributed by atoms with Gasteiger partial charge in [-0.2, -0.15) is 0 Å². The first-order valence-corrected chi connectivity index (χ1v) is 10.1. The second-order valence-corrected chi connectivity index (χ2v) is 7.91. The number of aliphatic hydroxyl groups excluding tert-OH is 1. The minimum Gasteiger partial charge on any atom is -0.491 e. The van der Waals surface area contributed by atoms with Gasteiger partial charge in [0.1, 0.15) is 5.75 Å². The van der Waals surface area contributed by atoms with E-state index in [1.54, 1.807) is 0 Å². The normalized spacial score (nSPS) is 21.2. The SMILES string of the molecule is CC(C)Oc1ccc2c(c1)[C@@H](CO)N(C(=O)C1Cc3ccccc3CN1)CC2. The van der Waals surface area contributed by atoms with Crippen molar-refractivity contribution in [3.63, 3.8) is 0 Å². The number of nitrogens with one attached hydrogen (secondary N) is 1. The number of fused-ring (bicyclic) bond motifs is 2. The molecule has 2 heterocycles. The van der Waals surface area contributed by atoms with Crippen molar-refractivity contribution in [1.82, 2.24) is 10.2 Å². The number of aliphatic hydroxyl groups is 1. The molecule has 0 aliphatic carbocycles. The first kappa shape index (κ1) is 19.0. The summed E-state index contributed by atoms with van der Waals surface area (Å²) in [7, 11) is 0. The Morgan fingerprint density at radius 3 is 2.75 bits per heavy atom. The number of benzene rings is 2. The first-order valence-electron chi connectivity index (χ1n) is 10.1. The molecule has 148 valence electrons. The van der Waals surface area contributed by atoms with E-state index in [0.717, 1.165) is 17.7 Å². The van der Waals surface area contributed by atoms with Gasteiger partial charge in [-0.1, -0.05) is 30.3 Å². The van der Waals surface area contributed by atoms with Gasteiger partial charge >= 0.3 is 0 Å². The quantitative estimate of drug-likeness (QED) is 0.856. The van der Waals surface area contributed by atoms with Crippen molar-refractivity contribution < 1.29 is 14.6 Å². The molecule has 0 fully saturated rings. The number of hydrogen-bond acceptors (Lipinski definition) is 4. The van der Waals surface area contributed by atoms with Crippen LogP contribution in [0.25, 0.3) is 0 Å². The number of carbonyl (C=O) groups excluding carboxylic acids is 1. The molecule has 1 amide bonds. The van der Waals surface area contributed by atoms with Crippen molar-refractivity contribution in [2.45, 2.75) is 51.4 Å². The van der Waals surface area contributed by atoms with E-state index < -0.39 is 0 Å². The highest BCUT2D eigenvalue weighted by Crippen LogP contribution is 2.33. The molecule has 2 aromatic rings. The summed E-state index contributed by atoms with van der Waals surface area (Å²) in [6, 6.07) is 13.7. The molecule has 5 heteroatoms. The largest absolute Gasteiger partial charge is 0.491 e. The molecule has 0 spiro atoms. The molecular weight excluding hydrogens is 352 g/mol. The Balaban J connectivity index is 1.56. The van der Waals surface area contributed by atoms with E-state index in [2.05, 4.69) is 23.5 Å². The Morgan fingerprint density at radius 1 is 1.21 bits per heavy atom. The Hall–Kier alpha value is -2.37. The van der Waals surface area contributed by atoms with Crippen molar-refractivity contribution in [1.29, 1.82) is 0 Å². The zero-order chi connectivity index (χ0) is 19.7. The monoisotopic (exact) mass is 380 g/mol. The third kappa shape index (κ3) is 3.64. The van der Waals surface area contributed by atoms with E-state index in [1.807, 2.05) is 43.0 Å². The minimum absolute atomic E-state index is 0.0642. The van der Waals surface area contributed by atoms with Gasteiger partial charge in [0.05, 0.1) is 24.8 Å². The van der Waals surface area contributed by atoms with Gasteiger partial charge < -0.3 is 20.1 Å². The van der Waals surface area contributed by atoms with Crippen molar-refractivity contribution in [2.24, 2.45) is 0 Å². The molecule has 0 saturated carbocycles. The van der Waals surface area contributed by atoms with Crippen LogP contribution in [0.5, 0.6) is 5.75 Å². The second-order valence-electron chi connectivity index (χ2n) is 7.91. The van der Waals surface area contributed by atoms with Crippen LogP contribution in [-0.2, 0) is 24.2 Å². The standard InChI is InChI=1S/C23H28N2O3/c1-15(2)28-19-8-7-16-9-10-25(22(14-26)20(16)12-19)23(27)21-11-17-5-3-4-6-18(17)13-24-21/h3-8,12,15,21-22,24,26H,9-11,13-14H2,1-2H3/t21?,22-/m1/s1. The van der Waals surface area contributed by atoms with Gasteiger partial charge in [0.2, 0.25) is 5.91 Å². The van der Waals surface area contributed by atoms with Crippen LogP contribution in [-0.4, -0.2) is 41.2 Å². The number of amides is 1. The van der Waals surface area contributed by atoms with Crippen LogP contribution in [0, 0.1) is 0 Å². The number of ether oxygens (including phenoxy) is 1. The number of nitrogens with zero attached hydrogens (tertiary/aromatic N) is 1. The second kappa shape index (κ2) is 7.94. The van der Waals surface area contributed by atoms with Gasteiger partial charge in [-0.25, -0.2) is 0 Å². The summed E-state index contributed by atoms with van der Waals surface area (Å²) in [5.74, 6) is 0.848. The Kier molecular flexibility index (Phi) is 5.38. The number of hydrogen-bond donors (Lipinski definition) is 2. The Morgan fingerprint density at radius 2 is 2.00 bits per heavy atom. The average molecular weight is 380 g/mol. The molecule has 0 aromatic heterocycles. The highest BCUT2D eigenvalue weighted by atomic mass is 16.5. The highest BCUT2D eigenvalue weighted by Gasteiger charge is 2.35. The van der Waals surface area contributed by atoms with E-state index in [9.17, 15) is 9.90 Å². The summed E-state index contributed by atoms with van der Waals surface area (Å²) in [5.41, 5.74) is 4.66. The van der Waals surface area contributed by atoms with E-state index in [1.165, 1.54) is 16.7 Å². The maximum atomic E-state index is 13.3. The maximum Gasteiger partial charge on any atom is 0.240 e. The summed E-state index contributed by atoms with van der Waals surface area (Å²) in [5, 5.41) is 13.5. The van der Waals surface area contributed by atoms with Crippen LogP contribution in [0.1, 0.15) is 42.1 Å². The molecule has 2 aromatic carbocycles. The van der Waals surface area contributed by atoms with Gasteiger partial charge in [-0.15, -0.1) is 0 Å². The van der Waals surface area contributed by atoms with Gasteiger partial charge in [-0.05, 0) is 61.1 Å². The summed E-state index contributed by atoms with van der Waals surface area (Å²) in [4.78, 5) is 15.2. The molecule has 0 saturated heterocycles. The lowest BCUT2D eigenvalue weighted by atomic mass is 9.90. The molecule has 2 aliphatic heterocycles. The summed E-state index contributed by atoms with van der Waals surface area (Å²) in [6.07, 6.45) is 1.56. The van der Waals surface area contributed by atoms with Gasteiger partial charge in [0.15, 0.2) is 0 Å². The van der Waals surface area contributed by atoms with E-state index in [4.69, 9.17) is 4.74 Å². The third-order valence-corrected chi connectivity index (χ3v) is 5.68. The fraction of sp³-hybridized carbons (Fsp3) is 0.435. The summed E-state index contributed by atoms with van der Waals surface area (Å²) >= 11 is 0. The topological polar surface area (TPSA) is 61.8 Å². The molecule has 2 aliphatic rings. The molecule has 28 heavy (non-hydrogen) atoms. The van der Waals surface area contributed by atoms with Crippen LogP contribution in [0.2, 0.25) is 0 Å². The predicted molar refractivity (Wildman–Crippen MR) is 108 cm³/mol. The van der Waals surface area contributed by atoms with E-state index >= 15 is 0 Å². The molecule has 0 radical (unpaired) electrons. The zero-order valence-corrected chi connectivity index (χ0v) is 16.5. The lowest BCUT2D eigenvalue weighted by molar-refractivity contribution is -0.137. The molecule has 4 rings (SSSR count). The summed E-state index contributed by atoms with van der Waals surface area (Å²) < 4.78 is 5.83. The summed E-state index contributed by atoms with van der Waals surface area (Å²) in [6.45, 7) is 5.22. The fourth-order valence-electron chi connectivity index (χ4n) is 4.31. The highest BCUT2D eigenvalue weighted by molar-refractivity contribution is 5.83. The number of rotatable bonds is 4. The van der Waals surface area contributed by atoms with Crippen LogP contribution < -0.4 is 10.1 Å². The molecule has 5 nitrogen and oxygen atoms in total. The molecule has 2 N–H and O–H groups in total. The van der Waals surface area contributed by atoms with Gasteiger partial charge in [-0.3, -0.25) is 4.79 Å². The lowest BCUT2D eigenvalue weighted by Gasteiger charge is -2.39. The lowest BCUT2D eigenvalue weighted by Crippen LogP contribution is -2.52. The maximum absolute atomic E-state index is 13.3.